The van der Waals surface area contributed by atoms with Crippen molar-refractivity contribution in [2.24, 2.45) is 5.92 Å². The molecule has 1 N–H and O–H groups in total. The van der Waals surface area contributed by atoms with Gasteiger partial charge in [-0.15, -0.1) is 0 Å². The van der Waals surface area contributed by atoms with Crippen LogP contribution in [0.2, 0.25) is 0 Å². The van der Waals surface area contributed by atoms with E-state index in [9.17, 15) is 0 Å². The molecule has 0 aliphatic carbocycles. The van der Waals surface area contributed by atoms with Crippen LogP contribution in [0.3, 0.4) is 0 Å². The molecule has 3 aliphatic rings. The van der Waals surface area contributed by atoms with Crippen molar-refractivity contribution in [3.8, 4) is 0 Å². The maximum Gasteiger partial charge on any atom is 0.0639 e. The van der Waals surface area contributed by atoms with Crippen LogP contribution in [0.1, 0.15) is 24.5 Å². The maximum absolute atomic E-state index is 4.58. The molecule has 4 nitrogen and oxygen atoms in total. The smallest absolute Gasteiger partial charge is 0.0639 e. The number of nitrogens with zero attached hydrogens (tertiary/aromatic N) is 3. The van der Waals surface area contributed by atoms with Crippen molar-refractivity contribution in [1.82, 2.24) is 20.2 Å². The number of hydrogen-bond donors (Lipinski definition) is 1. The largest absolute Gasteiger partial charge is 0.315 e. The van der Waals surface area contributed by atoms with E-state index >= 15 is 0 Å². The summed E-state index contributed by atoms with van der Waals surface area (Å²) in [5, 5.41) is 3.55. The summed E-state index contributed by atoms with van der Waals surface area (Å²) in [6, 6.07) is 0. The lowest BCUT2D eigenvalue weighted by Gasteiger charge is -2.41. The summed E-state index contributed by atoms with van der Waals surface area (Å²) in [4.78, 5) is 11.6. The minimum Gasteiger partial charge on any atom is -0.315 e. The van der Waals surface area contributed by atoms with Gasteiger partial charge in [0.15, 0.2) is 0 Å². The number of piperidine rings is 1. The van der Waals surface area contributed by atoms with Crippen molar-refractivity contribution in [2.75, 3.05) is 26.2 Å². The van der Waals surface area contributed by atoms with E-state index in [0.717, 1.165) is 19.0 Å². The van der Waals surface area contributed by atoms with Gasteiger partial charge in [-0.25, -0.2) is 0 Å². The highest BCUT2D eigenvalue weighted by Gasteiger charge is 2.58. The van der Waals surface area contributed by atoms with Gasteiger partial charge in [-0.1, -0.05) is 0 Å². The summed E-state index contributed by atoms with van der Waals surface area (Å²) in [7, 11) is 0. The Balaban J connectivity index is 1.78. The Labute approximate surface area is 101 Å². The second-order valence-electron chi connectivity index (χ2n) is 5.63. The Morgan fingerprint density at radius 3 is 3.18 bits per heavy atom. The van der Waals surface area contributed by atoms with Gasteiger partial charge in [-0.05, 0) is 31.8 Å². The second kappa shape index (κ2) is 3.50. The molecular formula is C13H18N4. The Morgan fingerprint density at radius 1 is 1.41 bits per heavy atom. The zero-order valence-corrected chi connectivity index (χ0v) is 9.97. The van der Waals surface area contributed by atoms with Crippen molar-refractivity contribution in [3.05, 3.63) is 24.3 Å². The molecule has 4 rings (SSSR count). The normalized spacial score (nSPS) is 43.6. The number of hydrogen-bond acceptors (Lipinski definition) is 4. The van der Waals surface area contributed by atoms with Gasteiger partial charge in [0, 0.05) is 43.1 Å². The van der Waals surface area contributed by atoms with E-state index in [1.54, 1.807) is 6.20 Å². The Morgan fingerprint density at radius 2 is 2.41 bits per heavy atom. The molecule has 1 aromatic heterocycles. The molecule has 0 saturated carbocycles. The van der Waals surface area contributed by atoms with Crippen LogP contribution < -0.4 is 5.32 Å². The van der Waals surface area contributed by atoms with Gasteiger partial charge in [0.2, 0.25) is 0 Å². The molecule has 2 bridgehead atoms. The highest BCUT2D eigenvalue weighted by molar-refractivity contribution is 5.25. The summed E-state index contributed by atoms with van der Waals surface area (Å²) >= 11 is 0. The first-order chi connectivity index (χ1) is 8.40. The average molecular weight is 230 g/mol. The van der Waals surface area contributed by atoms with Gasteiger partial charge >= 0.3 is 0 Å². The third-order valence-electron chi connectivity index (χ3n) is 4.97. The maximum atomic E-state index is 4.58. The first kappa shape index (κ1) is 9.97. The van der Waals surface area contributed by atoms with E-state index in [0.29, 0.717) is 11.5 Å². The lowest BCUT2D eigenvalue weighted by Crippen LogP contribution is -2.51. The fourth-order valence-corrected chi connectivity index (χ4v) is 4.32. The number of rotatable bonds is 1. The SMILES string of the molecule is c1cnc(C2C3CCN(C3)C23CCNC3)cn1. The molecule has 0 radical (unpaired) electrons. The number of aromatic nitrogens is 2. The third kappa shape index (κ3) is 1.25. The van der Waals surface area contributed by atoms with Gasteiger partial charge in [-0.2, -0.15) is 0 Å². The molecule has 3 saturated heterocycles. The summed E-state index contributed by atoms with van der Waals surface area (Å²) < 4.78 is 0. The topological polar surface area (TPSA) is 41.1 Å². The highest BCUT2D eigenvalue weighted by atomic mass is 15.3. The van der Waals surface area contributed by atoms with E-state index < -0.39 is 0 Å². The van der Waals surface area contributed by atoms with E-state index in [1.165, 1.54) is 31.6 Å². The van der Waals surface area contributed by atoms with Crippen LogP contribution in [0.5, 0.6) is 0 Å². The van der Waals surface area contributed by atoms with Crippen molar-refractivity contribution >= 4 is 0 Å². The van der Waals surface area contributed by atoms with Crippen LogP contribution in [-0.2, 0) is 0 Å². The van der Waals surface area contributed by atoms with Gasteiger partial charge in [-0.3, -0.25) is 14.9 Å². The molecule has 4 heteroatoms. The van der Waals surface area contributed by atoms with Crippen LogP contribution >= 0.6 is 0 Å². The second-order valence-corrected chi connectivity index (χ2v) is 5.63. The van der Waals surface area contributed by atoms with Gasteiger partial charge < -0.3 is 5.32 Å². The van der Waals surface area contributed by atoms with Crippen molar-refractivity contribution in [3.63, 3.8) is 0 Å². The molecule has 4 unspecified atom stereocenters. The number of nitrogens with one attached hydrogen (secondary N) is 1. The van der Waals surface area contributed by atoms with Crippen molar-refractivity contribution < 1.29 is 0 Å². The zero-order chi connectivity index (χ0) is 11.3. The Hall–Kier alpha value is -1.00. The molecule has 4 heterocycles. The highest BCUT2D eigenvalue weighted by Crippen LogP contribution is 2.53. The minimum atomic E-state index is 0.346. The fraction of sp³-hybridized carbons (Fsp3) is 0.692. The summed E-state index contributed by atoms with van der Waals surface area (Å²) in [5.41, 5.74) is 1.56. The van der Waals surface area contributed by atoms with Gasteiger partial charge in [0.1, 0.15) is 0 Å². The predicted molar refractivity (Wildman–Crippen MR) is 64.7 cm³/mol. The lowest BCUT2D eigenvalue weighted by molar-refractivity contribution is 0.129. The zero-order valence-electron chi connectivity index (χ0n) is 9.97. The first-order valence-corrected chi connectivity index (χ1v) is 6.62. The third-order valence-corrected chi connectivity index (χ3v) is 4.97. The van der Waals surface area contributed by atoms with E-state index in [-0.39, 0.29) is 0 Å². The molecule has 90 valence electrons. The molecule has 1 spiro atoms. The van der Waals surface area contributed by atoms with E-state index in [2.05, 4.69) is 20.2 Å². The fourth-order valence-electron chi connectivity index (χ4n) is 4.32. The van der Waals surface area contributed by atoms with Crippen LogP contribution in [0, 0.1) is 5.92 Å². The van der Waals surface area contributed by atoms with Crippen molar-refractivity contribution in [2.45, 2.75) is 24.3 Å². The molecule has 4 atom stereocenters. The summed E-state index contributed by atoms with van der Waals surface area (Å²) in [5.74, 6) is 1.39. The van der Waals surface area contributed by atoms with E-state index in [4.69, 9.17) is 0 Å². The van der Waals surface area contributed by atoms with Crippen LogP contribution in [0.25, 0.3) is 0 Å². The molecule has 17 heavy (non-hydrogen) atoms. The van der Waals surface area contributed by atoms with Crippen molar-refractivity contribution in [1.29, 1.82) is 0 Å². The molecule has 1 aromatic rings. The number of fused-ring (bicyclic) bond motifs is 3. The minimum absolute atomic E-state index is 0.346. The summed E-state index contributed by atoms with van der Waals surface area (Å²) in [6.07, 6.45) is 8.20. The monoisotopic (exact) mass is 230 g/mol. The molecule has 0 amide bonds. The quantitative estimate of drug-likeness (QED) is 0.768. The van der Waals surface area contributed by atoms with Gasteiger partial charge in [0.25, 0.3) is 0 Å². The molecule has 3 aliphatic heterocycles. The molecular weight excluding hydrogens is 212 g/mol. The first-order valence-electron chi connectivity index (χ1n) is 6.62. The Bertz CT molecular complexity index is 413. The van der Waals surface area contributed by atoms with E-state index in [1.807, 2.05) is 12.4 Å². The lowest BCUT2D eigenvalue weighted by atomic mass is 9.74. The molecule has 3 fully saturated rings. The molecule has 0 aromatic carbocycles. The average Bonchev–Trinajstić information content (AvgIpc) is 3.06. The van der Waals surface area contributed by atoms with Crippen LogP contribution in [0.4, 0.5) is 0 Å². The standard InChI is InChI=1S/C13H18N4/c1-6-17-8-10(1)12(11-7-14-4-5-16-11)13(17)2-3-15-9-13/h4-5,7,10,12,15H,1-3,6,8-9H2. The predicted octanol–water partition coefficient (Wildman–Crippen LogP) is 0.628. The van der Waals surface area contributed by atoms with Crippen LogP contribution in [0.15, 0.2) is 18.6 Å². The Kier molecular flexibility index (Phi) is 2.05. The van der Waals surface area contributed by atoms with Crippen LogP contribution in [-0.4, -0.2) is 46.6 Å². The summed E-state index contributed by atoms with van der Waals surface area (Å²) in [6.45, 7) is 4.83. The van der Waals surface area contributed by atoms with Gasteiger partial charge in [0.05, 0.1) is 5.69 Å².